The molecule has 3 rings (SSSR count). The van der Waals surface area contributed by atoms with Crippen molar-refractivity contribution in [1.29, 1.82) is 0 Å². The smallest absolute Gasteiger partial charge is 0.269 e. The molecule has 2 amide bonds. The molecule has 6 nitrogen and oxygen atoms in total. The quantitative estimate of drug-likeness (QED) is 0.808. The standard InChI is InChI=1S/C21H24N2O4S/c1-4-18(16-10-9-14(2)13-15(16)3)22-20(24)11-12-23-21(25)17-7-5-6-8-19(17)28(23,26)27/h5-10,13,18H,4,11-12H2,1-3H3,(H,22,24)/t18-/m0/s1. The zero-order valence-corrected chi connectivity index (χ0v) is 17.0. The third-order valence-electron chi connectivity index (χ3n) is 5.00. The minimum absolute atomic E-state index is 0.00197. The highest BCUT2D eigenvalue weighted by Gasteiger charge is 2.40. The molecular weight excluding hydrogens is 376 g/mol. The van der Waals surface area contributed by atoms with Gasteiger partial charge in [-0.15, -0.1) is 0 Å². The molecule has 0 bridgehead atoms. The third-order valence-corrected chi connectivity index (χ3v) is 6.84. The number of sulfonamides is 1. The van der Waals surface area contributed by atoms with E-state index in [-0.39, 0.29) is 35.4 Å². The van der Waals surface area contributed by atoms with Crippen LogP contribution < -0.4 is 5.32 Å². The Hall–Kier alpha value is -2.67. The number of carbonyl (C=O) groups excluding carboxylic acids is 2. The van der Waals surface area contributed by atoms with E-state index in [9.17, 15) is 18.0 Å². The lowest BCUT2D eigenvalue weighted by molar-refractivity contribution is -0.121. The second kappa shape index (κ2) is 7.75. The van der Waals surface area contributed by atoms with Crippen LogP contribution in [0.1, 0.15) is 52.9 Å². The van der Waals surface area contributed by atoms with Crippen LogP contribution in [0.15, 0.2) is 47.4 Å². The second-order valence-corrected chi connectivity index (χ2v) is 8.85. The average Bonchev–Trinajstić information content (AvgIpc) is 2.85. The molecule has 148 valence electrons. The Morgan fingerprint density at radius 1 is 1.14 bits per heavy atom. The normalized spacial score (nSPS) is 16.0. The monoisotopic (exact) mass is 400 g/mol. The summed E-state index contributed by atoms with van der Waals surface area (Å²) in [6.45, 7) is 5.83. The Balaban J connectivity index is 1.68. The van der Waals surface area contributed by atoms with Gasteiger partial charge >= 0.3 is 0 Å². The molecule has 7 heteroatoms. The van der Waals surface area contributed by atoms with Gasteiger partial charge in [0.15, 0.2) is 0 Å². The van der Waals surface area contributed by atoms with Crippen LogP contribution in [0.25, 0.3) is 0 Å². The zero-order valence-electron chi connectivity index (χ0n) is 16.2. The van der Waals surface area contributed by atoms with Crippen LogP contribution in [-0.2, 0) is 14.8 Å². The Kier molecular flexibility index (Phi) is 5.56. The van der Waals surface area contributed by atoms with Gasteiger partial charge in [-0.05, 0) is 43.5 Å². The Labute approximate surface area is 165 Å². The maximum Gasteiger partial charge on any atom is 0.269 e. The van der Waals surface area contributed by atoms with Gasteiger partial charge in [-0.3, -0.25) is 9.59 Å². The molecule has 0 aromatic heterocycles. The lowest BCUT2D eigenvalue weighted by Gasteiger charge is -2.21. The van der Waals surface area contributed by atoms with Gasteiger partial charge in [-0.1, -0.05) is 42.8 Å². The minimum Gasteiger partial charge on any atom is -0.349 e. The molecule has 28 heavy (non-hydrogen) atoms. The maximum atomic E-state index is 12.6. The van der Waals surface area contributed by atoms with Crippen molar-refractivity contribution in [2.45, 2.75) is 44.6 Å². The van der Waals surface area contributed by atoms with Crippen molar-refractivity contribution in [3.8, 4) is 0 Å². The number of benzene rings is 2. The average molecular weight is 401 g/mol. The largest absolute Gasteiger partial charge is 0.349 e. The number of fused-ring (bicyclic) bond motifs is 1. The molecule has 0 spiro atoms. The van der Waals surface area contributed by atoms with Crippen LogP contribution in [0.5, 0.6) is 0 Å². The van der Waals surface area contributed by atoms with Gasteiger partial charge in [0.1, 0.15) is 4.90 Å². The van der Waals surface area contributed by atoms with E-state index in [1.54, 1.807) is 12.1 Å². The topological polar surface area (TPSA) is 83.6 Å². The highest BCUT2D eigenvalue weighted by molar-refractivity contribution is 7.90. The molecule has 1 aliphatic rings. The predicted molar refractivity (Wildman–Crippen MR) is 106 cm³/mol. The van der Waals surface area contributed by atoms with Crippen LogP contribution in [-0.4, -0.2) is 31.1 Å². The molecule has 2 aromatic rings. The summed E-state index contributed by atoms with van der Waals surface area (Å²) in [7, 11) is -3.89. The fraction of sp³-hybridized carbons (Fsp3) is 0.333. The van der Waals surface area contributed by atoms with Crippen LogP contribution in [0, 0.1) is 13.8 Å². The molecule has 1 atom stereocenters. The van der Waals surface area contributed by atoms with Crippen molar-refractivity contribution < 1.29 is 18.0 Å². The van der Waals surface area contributed by atoms with Crippen LogP contribution in [0.4, 0.5) is 0 Å². The van der Waals surface area contributed by atoms with Crippen molar-refractivity contribution in [2.75, 3.05) is 6.54 Å². The number of amides is 2. The number of carbonyl (C=O) groups is 2. The van der Waals surface area contributed by atoms with Gasteiger partial charge in [0, 0.05) is 13.0 Å². The molecule has 1 N–H and O–H groups in total. The summed E-state index contributed by atoms with van der Waals surface area (Å²) in [5.74, 6) is -0.865. The maximum absolute atomic E-state index is 12.6. The predicted octanol–water partition coefficient (Wildman–Crippen LogP) is 3.11. The number of nitrogens with one attached hydrogen (secondary N) is 1. The molecule has 0 unspecified atom stereocenters. The molecule has 1 aliphatic heterocycles. The summed E-state index contributed by atoms with van der Waals surface area (Å²) in [6.07, 6.45) is 0.627. The Morgan fingerprint density at radius 3 is 2.50 bits per heavy atom. The second-order valence-electron chi connectivity index (χ2n) is 7.02. The third kappa shape index (κ3) is 3.67. The molecule has 0 saturated carbocycles. The fourth-order valence-corrected chi connectivity index (χ4v) is 5.11. The Bertz CT molecular complexity index is 1030. The summed E-state index contributed by atoms with van der Waals surface area (Å²) in [4.78, 5) is 24.9. The molecule has 0 saturated heterocycles. The minimum atomic E-state index is -3.89. The molecular formula is C21H24N2O4S. The Morgan fingerprint density at radius 2 is 1.86 bits per heavy atom. The van der Waals surface area contributed by atoms with E-state index < -0.39 is 15.9 Å². The van der Waals surface area contributed by atoms with Gasteiger partial charge < -0.3 is 5.32 Å². The summed E-state index contributed by atoms with van der Waals surface area (Å²) in [5, 5.41) is 2.96. The van der Waals surface area contributed by atoms with E-state index in [4.69, 9.17) is 0 Å². The van der Waals surface area contributed by atoms with Gasteiger partial charge in [-0.25, -0.2) is 12.7 Å². The van der Waals surface area contributed by atoms with Gasteiger partial charge in [-0.2, -0.15) is 0 Å². The van der Waals surface area contributed by atoms with E-state index in [1.165, 1.54) is 12.1 Å². The molecule has 0 fully saturated rings. The zero-order chi connectivity index (χ0) is 20.5. The van der Waals surface area contributed by atoms with Crippen LogP contribution >= 0.6 is 0 Å². The number of aryl methyl sites for hydroxylation is 2. The molecule has 0 aliphatic carbocycles. The van der Waals surface area contributed by atoms with Crippen molar-refractivity contribution in [3.63, 3.8) is 0 Å². The number of rotatable bonds is 6. The van der Waals surface area contributed by atoms with Crippen LogP contribution in [0.3, 0.4) is 0 Å². The molecule has 0 radical (unpaired) electrons. The van der Waals surface area contributed by atoms with E-state index in [0.29, 0.717) is 6.42 Å². The SMILES string of the molecule is CC[C@H](NC(=O)CCN1C(=O)c2ccccc2S1(=O)=O)c1ccc(C)cc1C. The lowest BCUT2D eigenvalue weighted by Crippen LogP contribution is -2.35. The van der Waals surface area contributed by atoms with Crippen LogP contribution in [0.2, 0.25) is 0 Å². The summed E-state index contributed by atoms with van der Waals surface area (Å²) in [5.41, 5.74) is 3.45. The number of nitrogens with zero attached hydrogens (tertiary/aromatic N) is 1. The van der Waals surface area contributed by atoms with E-state index >= 15 is 0 Å². The van der Waals surface area contributed by atoms with Gasteiger partial charge in [0.25, 0.3) is 15.9 Å². The van der Waals surface area contributed by atoms with Crippen molar-refractivity contribution in [2.24, 2.45) is 0 Å². The summed E-state index contributed by atoms with van der Waals surface area (Å²) in [6, 6.07) is 12.0. The first-order valence-corrected chi connectivity index (χ1v) is 10.7. The van der Waals surface area contributed by atoms with E-state index in [2.05, 4.69) is 11.4 Å². The summed E-state index contributed by atoms with van der Waals surface area (Å²) < 4.78 is 25.9. The molecule has 2 aromatic carbocycles. The van der Waals surface area contributed by atoms with E-state index in [0.717, 1.165) is 21.0 Å². The number of hydrogen-bond donors (Lipinski definition) is 1. The van der Waals surface area contributed by atoms with E-state index in [1.807, 2.05) is 32.9 Å². The highest BCUT2D eigenvalue weighted by atomic mass is 32.2. The van der Waals surface area contributed by atoms with Crippen molar-refractivity contribution >= 4 is 21.8 Å². The molecule has 1 heterocycles. The van der Waals surface area contributed by atoms with Crippen molar-refractivity contribution in [3.05, 3.63) is 64.7 Å². The number of hydrogen-bond acceptors (Lipinski definition) is 4. The first kappa shape index (κ1) is 20.1. The van der Waals surface area contributed by atoms with Gasteiger partial charge in [0.2, 0.25) is 5.91 Å². The van der Waals surface area contributed by atoms with Gasteiger partial charge in [0.05, 0.1) is 11.6 Å². The van der Waals surface area contributed by atoms with Crippen molar-refractivity contribution in [1.82, 2.24) is 9.62 Å². The summed E-state index contributed by atoms with van der Waals surface area (Å²) >= 11 is 0. The lowest BCUT2D eigenvalue weighted by atomic mass is 9.97. The first-order valence-electron chi connectivity index (χ1n) is 9.28. The first-order chi connectivity index (χ1) is 13.3. The highest BCUT2D eigenvalue weighted by Crippen LogP contribution is 2.30. The fourth-order valence-electron chi connectivity index (χ4n) is 3.54.